The number of nitrogens with one attached hydrogen (secondary N) is 1. The summed E-state index contributed by atoms with van der Waals surface area (Å²) in [5, 5.41) is 3.43. The lowest BCUT2D eigenvalue weighted by Gasteiger charge is -2.18. The lowest BCUT2D eigenvalue weighted by Crippen LogP contribution is -2.20. The summed E-state index contributed by atoms with van der Waals surface area (Å²) in [5.74, 6) is 0.177. The summed E-state index contributed by atoms with van der Waals surface area (Å²) in [6.07, 6.45) is 4.46. The molecule has 0 amide bonds. The molecule has 0 bridgehead atoms. The second kappa shape index (κ2) is 7.69. The molecule has 0 aliphatic heterocycles. The van der Waals surface area contributed by atoms with Crippen molar-refractivity contribution in [3.8, 4) is 5.75 Å². The number of aromatic nitrogens is 1. The summed E-state index contributed by atoms with van der Waals surface area (Å²) in [7, 11) is 0. The molecule has 2 rings (SSSR count). The maximum atomic E-state index is 12.1. The zero-order valence-electron chi connectivity index (χ0n) is 11.8. The van der Waals surface area contributed by atoms with Gasteiger partial charge in [-0.25, -0.2) is 0 Å². The van der Waals surface area contributed by atoms with E-state index in [2.05, 4.69) is 22.0 Å². The van der Waals surface area contributed by atoms with Crippen molar-refractivity contribution >= 4 is 0 Å². The molecule has 1 aromatic carbocycles. The number of ether oxygens (including phenoxy) is 1. The number of rotatable bonds is 7. The first-order valence-electron chi connectivity index (χ1n) is 6.86. The zero-order chi connectivity index (χ0) is 15.1. The summed E-state index contributed by atoms with van der Waals surface area (Å²) in [4.78, 5) is 4.07. The van der Waals surface area contributed by atoms with Gasteiger partial charge in [0.15, 0.2) is 0 Å². The maximum absolute atomic E-state index is 12.1. The van der Waals surface area contributed by atoms with Gasteiger partial charge in [0, 0.05) is 25.0 Å². The number of benzene rings is 1. The van der Waals surface area contributed by atoms with E-state index in [0.29, 0.717) is 6.54 Å². The minimum Gasteiger partial charge on any atom is -0.435 e. The monoisotopic (exact) mass is 292 g/mol. The molecule has 0 aliphatic carbocycles. The summed E-state index contributed by atoms with van der Waals surface area (Å²) >= 11 is 0. The minimum atomic E-state index is -2.79. The molecule has 2 aromatic rings. The van der Waals surface area contributed by atoms with Gasteiger partial charge in [0.2, 0.25) is 0 Å². The standard InChI is InChI=1S/C16H18F2N2O/c1-2-15(20-11-12-4-3-9-19-10-12)13-5-7-14(8-6-13)21-16(17)18/h3-10,15-16,20H,2,11H2,1H3. The Balaban J connectivity index is 1.97. The number of pyridine rings is 1. The van der Waals surface area contributed by atoms with E-state index in [1.165, 1.54) is 0 Å². The minimum absolute atomic E-state index is 0.158. The van der Waals surface area contributed by atoms with Crippen LogP contribution in [0.25, 0.3) is 0 Å². The quantitative estimate of drug-likeness (QED) is 0.839. The van der Waals surface area contributed by atoms with Crippen LogP contribution in [0, 0.1) is 0 Å². The normalized spacial score (nSPS) is 12.4. The first-order chi connectivity index (χ1) is 10.2. The molecule has 0 fully saturated rings. The largest absolute Gasteiger partial charge is 0.435 e. The van der Waals surface area contributed by atoms with Crippen LogP contribution in [0.4, 0.5) is 8.78 Å². The average molecular weight is 292 g/mol. The highest BCUT2D eigenvalue weighted by molar-refractivity contribution is 5.29. The highest BCUT2D eigenvalue weighted by Crippen LogP contribution is 2.21. The Kier molecular flexibility index (Phi) is 5.63. The lowest BCUT2D eigenvalue weighted by molar-refractivity contribution is -0.0498. The molecule has 5 heteroatoms. The second-order valence-corrected chi connectivity index (χ2v) is 4.65. The van der Waals surface area contributed by atoms with Crippen molar-refractivity contribution in [2.45, 2.75) is 32.5 Å². The van der Waals surface area contributed by atoms with E-state index in [-0.39, 0.29) is 11.8 Å². The van der Waals surface area contributed by atoms with Gasteiger partial charge in [0.05, 0.1) is 0 Å². The van der Waals surface area contributed by atoms with Gasteiger partial charge in [-0.05, 0) is 35.7 Å². The van der Waals surface area contributed by atoms with Crippen LogP contribution >= 0.6 is 0 Å². The van der Waals surface area contributed by atoms with E-state index in [4.69, 9.17) is 0 Å². The smallest absolute Gasteiger partial charge is 0.387 e. The van der Waals surface area contributed by atoms with Gasteiger partial charge < -0.3 is 10.1 Å². The van der Waals surface area contributed by atoms with Crippen molar-refractivity contribution in [1.82, 2.24) is 10.3 Å². The molecule has 1 heterocycles. The molecular weight excluding hydrogens is 274 g/mol. The van der Waals surface area contributed by atoms with Gasteiger partial charge in [-0.2, -0.15) is 8.78 Å². The van der Waals surface area contributed by atoms with Gasteiger partial charge in [-0.3, -0.25) is 4.98 Å². The van der Waals surface area contributed by atoms with Crippen molar-refractivity contribution in [3.63, 3.8) is 0 Å². The first kappa shape index (κ1) is 15.4. The van der Waals surface area contributed by atoms with E-state index in [9.17, 15) is 8.78 Å². The summed E-state index contributed by atoms with van der Waals surface area (Å²) in [5.41, 5.74) is 2.15. The number of hydrogen-bond acceptors (Lipinski definition) is 3. The molecule has 1 atom stereocenters. The summed E-state index contributed by atoms with van der Waals surface area (Å²) < 4.78 is 28.6. The fourth-order valence-corrected chi connectivity index (χ4v) is 2.12. The SMILES string of the molecule is CCC(NCc1cccnc1)c1ccc(OC(F)F)cc1. The molecule has 21 heavy (non-hydrogen) atoms. The number of alkyl halides is 2. The van der Waals surface area contributed by atoms with Crippen LogP contribution in [0.5, 0.6) is 5.75 Å². The fourth-order valence-electron chi connectivity index (χ4n) is 2.12. The van der Waals surface area contributed by atoms with Gasteiger partial charge in [-0.1, -0.05) is 25.1 Å². The molecule has 0 spiro atoms. The Hall–Kier alpha value is -2.01. The van der Waals surface area contributed by atoms with Crippen LogP contribution in [0.3, 0.4) is 0 Å². The Morgan fingerprint density at radius 2 is 1.95 bits per heavy atom. The summed E-state index contributed by atoms with van der Waals surface area (Å²) in [6, 6.07) is 10.8. The fraction of sp³-hybridized carbons (Fsp3) is 0.312. The van der Waals surface area contributed by atoms with Gasteiger partial charge in [0.25, 0.3) is 0 Å². The predicted octanol–water partition coefficient (Wildman–Crippen LogP) is 3.92. The highest BCUT2D eigenvalue weighted by Gasteiger charge is 2.10. The topological polar surface area (TPSA) is 34.2 Å². The van der Waals surface area contributed by atoms with Crippen LogP contribution < -0.4 is 10.1 Å². The highest BCUT2D eigenvalue weighted by atomic mass is 19.3. The van der Waals surface area contributed by atoms with Crippen LogP contribution in [0.15, 0.2) is 48.8 Å². The van der Waals surface area contributed by atoms with Crippen molar-refractivity contribution in [1.29, 1.82) is 0 Å². The molecular formula is C16H18F2N2O. The van der Waals surface area contributed by atoms with E-state index in [0.717, 1.165) is 17.5 Å². The van der Waals surface area contributed by atoms with E-state index in [1.807, 2.05) is 30.5 Å². The van der Waals surface area contributed by atoms with E-state index >= 15 is 0 Å². The maximum Gasteiger partial charge on any atom is 0.387 e. The third-order valence-electron chi connectivity index (χ3n) is 3.19. The Labute approximate surface area is 123 Å². The van der Waals surface area contributed by atoms with Gasteiger partial charge >= 0.3 is 6.61 Å². The molecule has 0 saturated carbocycles. The zero-order valence-corrected chi connectivity index (χ0v) is 11.8. The Bertz CT molecular complexity index is 532. The van der Waals surface area contributed by atoms with E-state index in [1.54, 1.807) is 18.3 Å². The van der Waals surface area contributed by atoms with Crippen molar-refractivity contribution in [2.75, 3.05) is 0 Å². The molecule has 1 unspecified atom stereocenters. The average Bonchev–Trinajstić information content (AvgIpc) is 2.50. The number of hydrogen-bond donors (Lipinski definition) is 1. The third-order valence-corrected chi connectivity index (χ3v) is 3.19. The molecule has 0 aliphatic rings. The van der Waals surface area contributed by atoms with Crippen LogP contribution in [-0.4, -0.2) is 11.6 Å². The third kappa shape index (κ3) is 4.79. The molecule has 1 aromatic heterocycles. The molecule has 3 nitrogen and oxygen atoms in total. The van der Waals surface area contributed by atoms with Crippen LogP contribution in [0.1, 0.15) is 30.5 Å². The Morgan fingerprint density at radius 1 is 1.19 bits per heavy atom. The molecule has 0 radical (unpaired) electrons. The number of nitrogens with zero attached hydrogens (tertiary/aromatic N) is 1. The second-order valence-electron chi connectivity index (χ2n) is 4.65. The van der Waals surface area contributed by atoms with Crippen LogP contribution in [0.2, 0.25) is 0 Å². The number of halogens is 2. The first-order valence-corrected chi connectivity index (χ1v) is 6.86. The molecule has 0 saturated heterocycles. The van der Waals surface area contributed by atoms with Crippen molar-refractivity contribution in [3.05, 3.63) is 59.9 Å². The predicted molar refractivity (Wildman–Crippen MR) is 77.2 cm³/mol. The van der Waals surface area contributed by atoms with Gasteiger partial charge in [-0.15, -0.1) is 0 Å². The van der Waals surface area contributed by atoms with Crippen molar-refractivity contribution < 1.29 is 13.5 Å². The van der Waals surface area contributed by atoms with Gasteiger partial charge in [0.1, 0.15) is 5.75 Å². The Morgan fingerprint density at radius 3 is 2.52 bits per heavy atom. The summed E-state index contributed by atoms with van der Waals surface area (Å²) in [6.45, 7) is -0.00641. The molecule has 112 valence electrons. The molecule has 1 N–H and O–H groups in total. The van der Waals surface area contributed by atoms with Crippen LogP contribution in [-0.2, 0) is 6.54 Å². The van der Waals surface area contributed by atoms with E-state index < -0.39 is 6.61 Å². The van der Waals surface area contributed by atoms with Crippen molar-refractivity contribution in [2.24, 2.45) is 0 Å². The lowest BCUT2D eigenvalue weighted by atomic mass is 10.0.